The Bertz CT molecular complexity index is 603. The summed E-state index contributed by atoms with van der Waals surface area (Å²) in [7, 11) is 1.56. The van der Waals surface area contributed by atoms with Crippen molar-refractivity contribution in [1.29, 1.82) is 0 Å². The molecular weight excluding hydrogens is 283 g/mol. The van der Waals surface area contributed by atoms with Gasteiger partial charge in [-0.1, -0.05) is 0 Å². The number of halogens is 3. The third-order valence-electron chi connectivity index (χ3n) is 2.74. The number of hydrogen-bond donors (Lipinski definition) is 1. The summed E-state index contributed by atoms with van der Waals surface area (Å²) in [5.41, 5.74) is -0.231. The first-order valence-corrected chi connectivity index (χ1v) is 6.25. The van der Waals surface area contributed by atoms with E-state index in [2.05, 4.69) is 5.32 Å². The molecule has 0 aliphatic carbocycles. The van der Waals surface area contributed by atoms with E-state index < -0.39 is 17.5 Å². The molecular formula is C15H14F3NO2. The lowest BCUT2D eigenvalue weighted by Gasteiger charge is -2.10. The van der Waals surface area contributed by atoms with Crippen molar-refractivity contribution in [3.05, 3.63) is 53.8 Å². The third-order valence-corrected chi connectivity index (χ3v) is 2.74. The first kappa shape index (κ1) is 15.0. The number of anilines is 1. The fourth-order valence-electron chi connectivity index (χ4n) is 1.71. The van der Waals surface area contributed by atoms with Crippen molar-refractivity contribution in [1.82, 2.24) is 0 Å². The van der Waals surface area contributed by atoms with Crippen LogP contribution in [0.5, 0.6) is 11.5 Å². The summed E-state index contributed by atoms with van der Waals surface area (Å²) in [6.07, 6.45) is 0. The van der Waals surface area contributed by atoms with Crippen LogP contribution in [-0.4, -0.2) is 20.3 Å². The van der Waals surface area contributed by atoms with Crippen molar-refractivity contribution < 1.29 is 22.6 Å². The van der Waals surface area contributed by atoms with Crippen molar-refractivity contribution in [3.8, 4) is 11.5 Å². The summed E-state index contributed by atoms with van der Waals surface area (Å²) in [5, 5.41) is 2.58. The van der Waals surface area contributed by atoms with Gasteiger partial charge in [0.2, 0.25) is 0 Å². The van der Waals surface area contributed by atoms with Crippen LogP contribution in [0.4, 0.5) is 18.9 Å². The van der Waals surface area contributed by atoms with Crippen molar-refractivity contribution in [2.45, 2.75) is 0 Å². The van der Waals surface area contributed by atoms with E-state index in [0.29, 0.717) is 17.6 Å². The lowest BCUT2D eigenvalue weighted by Crippen LogP contribution is -2.13. The maximum Gasteiger partial charge on any atom is 0.182 e. The Balaban J connectivity index is 1.84. The largest absolute Gasteiger partial charge is 0.497 e. The van der Waals surface area contributed by atoms with Crippen molar-refractivity contribution in [2.75, 3.05) is 25.6 Å². The Kier molecular flexibility index (Phi) is 4.92. The Hall–Kier alpha value is -2.37. The van der Waals surface area contributed by atoms with Gasteiger partial charge in [-0.15, -0.1) is 0 Å². The first-order chi connectivity index (χ1) is 10.1. The smallest absolute Gasteiger partial charge is 0.182 e. The number of hydrogen-bond acceptors (Lipinski definition) is 3. The minimum absolute atomic E-state index is 0.200. The summed E-state index contributed by atoms with van der Waals surface area (Å²) in [6, 6.07) is 8.32. The molecule has 0 amide bonds. The van der Waals surface area contributed by atoms with Gasteiger partial charge in [-0.25, -0.2) is 13.2 Å². The fourth-order valence-corrected chi connectivity index (χ4v) is 1.71. The molecule has 1 N–H and O–H groups in total. The Morgan fingerprint density at radius 1 is 1.00 bits per heavy atom. The van der Waals surface area contributed by atoms with E-state index in [4.69, 9.17) is 9.47 Å². The molecule has 21 heavy (non-hydrogen) atoms. The normalized spacial score (nSPS) is 10.3. The molecule has 0 atom stereocenters. The van der Waals surface area contributed by atoms with Crippen LogP contribution in [0.3, 0.4) is 0 Å². The van der Waals surface area contributed by atoms with Gasteiger partial charge in [-0.3, -0.25) is 0 Å². The van der Waals surface area contributed by atoms with Crippen molar-refractivity contribution in [3.63, 3.8) is 0 Å². The van der Waals surface area contributed by atoms with Gasteiger partial charge in [-0.2, -0.15) is 0 Å². The summed E-state index contributed by atoms with van der Waals surface area (Å²) in [4.78, 5) is 0. The molecule has 0 bridgehead atoms. The fraction of sp³-hybridized carbons (Fsp3) is 0.200. The molecule has 112 valence electrons. The van der Waals surface area contributed by atoms with Gasteiger partial charge in [0.05, 0.1) is 12.8 Å². The number of benzene rings is 2. The zero-order valence-corrected chi connectivity index (χ0v) is 11.3. The first-order valence-electron chi connectivity index (χ1n) is 6.25. The third kappa shape index (κ3) is 4.05. The van der Waals surface area contributed by atoms with Gasteiger partial charge in [-0.05, 0) is 24.3 Å². The van der Waals surface area contributed by atoms with Crippen molar-refractivity contribution >= 4 is 5.69 Å². The average molecular weight is 297 g/mol. The molecule has 0 aromatic heterocycles. The lowest BCUT2D eigenvalue weighted by molar-refractivity contribution is 0.331. The van der Waals surface area contributed by atoms with E-state index in [0.717, 1.165) is 6.07 Å². The van der Waals surface area contributed by atoms with Crippen LogP contribution in [-0.2, 0) is 0 Å². The van der Waals surface area contributed by atoms with Gasteiger partial charge in [0.15, 0.2) is 11.6 Å². The van der Waals surface area contributed by atoms with Crippen LogP contribution >= 0.6 is 0 Å². The maximum atomic E-state index is 13.4. The van der Waals surface area contributed by atoms with Crippen LogP contribution in [0.2, 0.25) is 0 Å². The lowest BCUT2D eigenvalue weighted by atomic mass is 10.3. The molecule has 0 unspecified atom stereocenters. The molecule has 0 heterocycles. The zero-order valence-electron chi connectivity index (χ0n) is 11.3. The molecule has 2 aromatic carbocycles. The van der Waals surface area contributed by atoms with Gasteiger partial charge < -0.3 is 14.8 Å². The van der Waals surface area contributed by atoms with E-state index in [1.54, 1.807) is 31.4 Å². The molecule has 0 radical (unpaired) electrons. The molecule has 6 heteroatoms. The molecule has 0 fully saturated rings. The number of ether oxygens (including phenoxy) is 2. The quantitative estimate of drug-likeness (QED) is 0.653. The van der Waals surface area contributed by atoms with Crippen molar-refractivity contribution in [2.24, 2.45) is 0 Å². The minimum Gasteiger partial charge on any atom is -0.497 e. The molecule has 0 aliphatic rings. The molecule has 0 spiro atoms. The van der Waals surface area contributed by atoms with E-state index in [-0.39, 0.29) is 18.8 Å². The predicted molar refractivity (Wildman–Crippen MR) is 73.3 cm³/mol. The van der Waals surface area contributed by atoms with E-state index in [1.165, 1.54) is 0 Å². The van der Waals surface area contributed by atoms with Crippen LogP contribution < -0.4 is 14.8 Å². The van der Waals surface area contributed by atoms with E-state index in [1.807, 2.05) is 0 Å². The molecule has 0 saturated heterocycles. The van der Waals surface area contributed by atoms with Gasteiger partial charge >= 0.3 is 0 Å². The highest BCUT2D eigenvalue weighted by molar-refractivity contribution is 5.45. The predicted octanol–water partition coefficient (Wildman–Crippen LogP) is 3.60. The summed E-state index contributed by atoms with van der Waals surface area (Å²) >= 11 is 0. The monoisotopic (exact) mass is 297 g/mol. The number of rotatable bonds is 6. The molecule has 0 aliphatic heterocycles. The Labute approximate surface area is 120 Å². The van der Waals surface area contributed by atoms with E-state index in [9.17, 15) is 13.2 Å². The zero-order chi connectivity index (χ0) is 15.2. The molecule has 2 aromatic rings. The highest BCUT2D eigenvalue weighted by atomic mass is 19.2. The van der Waals surface area contributed by atoms with Gasteiger partial charge in [0, 0.05) is 18.7 Å². The maximum absolute atomic E-state index is 13.4. The van der Waals surface area contributed by atoms with E-state index >= 15 is 0 Å². The summed E-state index contributed by atoms with van der Waals surface area (Å²) < 4.78 is 49.7. The summed E-state index contributed by atoms with van der Waals surface area (Å²) in [6.45, 7) is 0.412. The second-order valence-electron chi connectivity index (χ2n) is 4.20. The topological polar surface area (TPSA) is 30.5 Å². The van der Waals surface area contributed by atoms with Crippen LogP contribution in [0.15, 0.2) is 36.4 Å². The second-order valence-corrected chi connectivity index (χ2v) is 4.20. The highest BCUT2D eigenvalue weighted by Crippen LogP contribution is 2.19. The Morgan fingerprint density at radius 3 is 2.33 bits per heavy atom. The number of nitrogens with one attached hydrogen (secondary N) is 1. The standard InChI is InChI=1S/C15H14F3NO2/c1-20-11-2-4-12(5-3-11)21-7-6-19-14-9-10(16)8-13(17)15(14)18/h2-5,8-9,19H,6-7H2,1H3. The highest BCUT2D eigenvalue weighted by Gasteiger charge is 2.10. The average Bonchev–Trinajstić information content (AvgIpc) is 2.49. The van der Waals surface area contributed by atoms with Gasteiger partial charge in [0.1, 0.15) is 23.9 Å². The SMILES string of the molecule is COc1ccc(OCCNc2cc(F)cc(F)c2F)cc1. The Morgan fingerprint density at radius 2 is 1.67 bits per heavy atom. The number of methoxy groups -OCH3 is 1. The van der Waals surface area contributed by atoms with Crippen LogP contribution in [0, 0.1) is 17.5 Å². The second kappa shape index (κ2) is 6.88. The van der Waals surface area contributed by atoms with Crippen LogP contribution in [0.25, 0.3) is 0 Å². The molecule has 3 nitrogen and oxygen atoms in total. The summed E-state index contributed by atoms with van der Waals surface area (Å²) in [5.74, 6) is -1.86. The van der Waals surface area contributed by atoms with Crippen LogP contribution in [0.1, 0.15) is 0 Å². The molecule has 0 saturated carbocycles. The van der Waals surface area contributed by atoms with Gasteiger partial charge in [0.25, 0.3) is 0 Å². The minimum atomic E-state index is -1.23. The molecule has 2 rings (SSSR count).